The SMILES string of the molecule is CCCCCCCCCC1OC1(O)Br. The van der Waals surface area contributed by atoms with Gasteiger partial charge in [-0.25, -0.2) is 0 Å². The molecule has 0 aromatic carbocycles. The van der Waals surface area contributed by atoms with E-state index in [4.69, 9.17) is 4.74 Å². The number of rotatable bonds is 8. The Balaban J connectivity index is 1.77. The number of aliphatic hydroxyl groups is 1. The summed E-state index contributed by atoms with van der Waals surface area (Å²) in [5.74, 6) is 0. The first-order chi connectivity index (χ1) is 6.67. The maximum absolute atomic E-state index is 9.26. The number of unbranched alkanes of at least 4 members (excludes halogenated alkanes) is 6. The molecule has 2 unspecified atom stereocenters. The van der Waals surface area contributed by atoms with Crippen molar-refractivity contribution in [2.45, 2.75) is 69.1 Å². The second kappa shape index (κ2) is 6.09. The van der Waals surface area contributed by atoms with Crippen molar-refractivity contribution in [3.8, 4) is 0 Å². The molecule has 2 nitrogen and oxygen atoms in total. The Morgan fingerprint density at radius 2 is 1.64 bits per heavy atom. The topological polar surface area (TPSA) is 32.8 Å². The summed E-state index contributed by atoms with van der Waals surface area (Å²) >= 11 is 3.09. The minimum absolute atomic E-state index is 0.0399. The summed E-state index contributed by atoms with van der Waals surface area (Å²) in [5, 5.41) is 9.26. The lowest BCUT2D eigenvalue weighted by molar-refractivity contribution is 0.130. The van der Waals surface area contributed by atoms with Crippen molar-refractivity contribution in [1.82, 2.24) is 0 Å². The molecule has 0 aromatic rings. The standard InChI is InChI=1S/C11H21BrO2/c1-2-3-4-5-6-7-8-9-10-11(12,13)14-10/h10,13H,2-9H2,1H3. The van der Waals surface area contributed by atoms with Gasteiger partial charge in [-0.2, -0.15) is 0 Å². The van der Waals surface area contributed by atoms with E-state index in [9.17, 15) is 5.11 Å². The molecule has 1 saturated heterocycles. The molecule has 0 bridgehead atoms. The fraction of sp³-hybridized carbons (Fsp3) is 1.00. The van der Waals surface area contributed by atoms with Gasteiger partial charge in [-0.15, -0.1) is 0 Å². The normalized spacial score (nSPS) is 30.6. The smallest absolute Gasteiger partial charge is 0.251 e. The van der Waals surface area contributed by atoms with E-state index in [0.717, 1.165) is 6.42 Å². The molecule has 0 saturated carbocycles. The summed E-state index contributed by atoms with van der Waals surface area (Å²) in [5.41, 5.74) is 0. The zero-order valence-corrected chi connectivity index (χ0v) is 10.6. The van der Waals surface area contributed by atoms with Gasteiger partial charge in [-0.05, 0) is 22.4 Å². The van der Waals surface area contributed by atoms with Gasteiger partial charge in [0.25, 0.3) is 4.70 Å². The van der Waals surface area contributed by atoms with Gasteiger partial charge in [-0.1, -0.05) is 51.9 Å². The van der Waals surface area contributed by atoms with Crippen LogP contribution in [0.1, 0.15) is 58.3 Å². The van der Waals surface area contributed by atoms with E-state index < -0.39 is 4.70 Å². The van der Waals surface area contributed by atoms with Crippen molar-refractivity contribution in [2.75, 3.05) is 0 Å². The van der Waals surface area contributed by atoms with E-state index in [1.54, 1.807) is 0 Å². The summed E-state index contributed by atoms with van der Waals surface area (Å²) in [6.07, 6.45) is 10.2. The summed E-state index contributed by atoms with van der Waals surface area (Å²) in [7, 11) is 0. The molecule has 0 radical (unpaired) electrons. The highest BCUT2D eigenvalue weighted by molar-refractivity contribution is 9.10. The Hall–Kier alpha value is 0.400. The largest absolute Gasteiger partial charge is 0.355 e. The van der Waals surface area contributed by atoms with Crippen LogP contribution in [-0.4, -0.2) is 15.9 Å². The molecule has 1 fully saturated rings. The van der Waals surface area contributed by atoms with Gasteiger partial charge in [0.1, 0.15) is 6.10 Å². The summed E-state index contributed by atoms with van der Waals surface area (Å²) < 4.78 is 4.04. The third-order valence-electron chi connectivity index (χ3n) is 2.72. The van der Waals surface area contributed by atoms with Gasteiger partial charge in [0.15, 0.2) is 0 Å². The Kier molecular flexibility index (Phi) is 5.42. The average molecular weight is 265 g/mol. The number of alkyl halides is 1. The molecule has 1 N–H and O–H groups in total. The molecular weight excluding hydrogens is 244 g/mol. The van der Waals surface area contributed by atoms with Gasteiger partial charge < -0.3 is 9.84 Å². The molecule has 84 valence electrons. The highest BCUT2D eigenvalue weighted by Gasteiger charge is 2.52. The molecule has 14 heavy (non-hydrogen) atoms. The highest BCUT2D eigenvalue weighted by Crippen LogP contribution is 2.42. The van der Waals surface area contributed by atoms with E-state index in [-0.39, 0.29) is 6.10 Å². The third kappa shape index (κ3) is 4.76. The van der Waals surface area contributed by atoms with Crippen LogP contribution in [0.3, 0.4) is 0 Å². The van der Waals surface area contributed by atoms with Crippen LogP contribution in [0.4, 0.5) is 0 Å². The summed E-state index contributed by atoms with van der Waals surface area (Å²) in [6, 6.07) is 0. The van der Waals surface area contributed by atoms with Gasteiger partial charge >= 0.3 is 0 Å². The fourth-order valence-corrected chi connectivity index (χ4v) is 2.14. The van der Waals surface area contributed by atoms with Crippen molar-refractivity contribution < 1.29 is 9.84 Å². The molecule has 3 heteroatoms. The minimum Gasteiger partial charge on any atom is -0.355 e. The molecule has 1 heterocycles. The molecule has 0 aliphatic carbocycles. The number of epoxide rings is 1. The van der Waals surface area contributed by atoms with Crippen LogP contribution in [0, 0.1) is 0 Å². The van der Waals surface area contributed by atoms with E-state index in [1.807, 2.05) is 0 Å². The first-order valence-electron chi connectivity index (χ1n) is 5.76. The molecule has 1 aliphatic rings. The number of halogens is 1. The minimum atomic E-state index is -0.977. The van der Waals surface area contributed by atoms with Crippen LogP contribution in [0.5, 0.6) is 0 Å². The monoisotopic (exact) mass is 264 g/mol. The van der Waals surface area contributed by atoms with Crippen LogP contribution in [0.2, 0.25) is 0 Å². The number of hydrogen-bond donors (Lipinski definition) is 1. The maximum Gasteiger partial charge on any atom is 0.251 e. The zero-order chi connectivity index (χ0) is 10.4. The van der Waals surface area contributed by atoms with Gasteiger partial charge in [-0.3, -0.25) is 0 Å². The second-order valence-electron chi connectivity index (χ2n) is 4.13. The predicted octanol–water partition coefficient (Wildman–Crippen LogP) is 3.57. The van der Waals surface area contributed by atoms with E-state index in [1.165, 1.54) is 44.9 Å². The van der Waals surface area contributed by atoms with E-state index in [2.05, 4.69) is 22.9 Å². The van der Waals surface area contributed by atoms with Crippen molar-refractivity contribution in [1.29, 1.82) is 0 Å². The van der Waals surface area contributed by atoms with Crippen molar-refractivity contribution in [2.24, 2.45) is 0 Å². The van der Waals surface area contributed by atoms with Gasteiger partial charge in [0.05, 0.1) is 0 Å². The lowest BCUT2D eigenvalue weighted by Gasteiger charge is -1.99. The Bertz CT molecular complexity index is 159. The van der Waals surface area contributed by atoms with Crippen molar-refractivity contribution in [3.63, 3.8) is 0 Å². The zero-order valence-electron chi connectivity index (χ0n) is 8.97. The van der Waals surface area contributed by atoms with Crippen LogP contribution in [0.25, 0.3) is 0 Å². The predicted molar refractivity (Wildman–Crippen MR) is 61.4 cm³/mol. The van der Waals surface area contributed by atoms with Crippen molar-refractivity contribution in [3.05, 3.63) is 0 Å². The summed E-state index contributed by atoms with van der Waals surface area (Å²) in [6.45, 7) is 2.24. The van der Waals surface area contributed by atoms with Crippen LogP contribution < -0.4 is 0 Å². The third-order valence-corrected chi connectivity index (χ3v) is 3.41. The lowest BCUT2D eigenvalue weighted by atomic mass is 10.1. The first kappa shape index (κ1) is 12.5. The molecule has 0 aromatic heterocycles. The highest BCUT2D eigenvalue weighted by atomic mass is 79.9. The Labute approximate surface area is 95.2 Å². The lowest BCUT2D eigenvalue weighted by Crippen LogP contribution is -2.02. The molecule has 1 rings (SSSR count). The molecule has 0 amide bonds. The van der Waals surface area contributed by atoms with Crippen molar-refractivity contribution >= 4 is 15.9 Å². The number of hydrogen-bond acceptors (Lipinski definition) is 2. The van der Waals surface area contributed by atoms with E-state index in [0.29, 0.717) is 0 Å². The Morgan fingerprint density at radius 3 is 2.14 bits per heavy atom. The van der Waals surface area contributed by atoms with Crippen LogP contribution in [-0.2, 0) is 4.74 Å². The molecular formula is C11H21BrO2. The average Bonchev–Trinajstić information content (AvgIpc) is 2.73. The first-order valence-corrected chi connectivity index (χ1v) is 6.55. The van der Waals surface area contributed by atoms with Crippen LogP contribution in [0.15, 0.2) is 0 Å². The number of ether oxygens (including phenoxy) is 1. The second-order valence-corrected chi connectivity index (χ2v) is 5.26. The van der Waals surface area contributed by atoms with E-state index >= 15 is 0 Å². The quantitative estimate of drug-likeness (QED) is 0.413. The van der Waals surface area contributed by atoms with Gasteiger partial charge in [0, 0.05) is 0 Å². The van der Waals surface area contributed by atoms with Crippen LogP contribution >= 0.6 is 15.9 Å². The maximum atomic E-state index is 9.26. The Morgan fingerprint density at radius 1 is 1.14 bits per heavy atom. The molecule has 1 aliphatic heterocycles. The van der Waals surface area contributed by atoms with Gasteiger partial charge in [0.2, 0.25) is 0 Å². The summed E-state index contributed by atoms with van der Waals surface area (Å²) in [4.78, 5) is 0. The molecule has 0 spiro atoms. The molecule has 2 atom stereocenters. The fourth-order valence-electron chi connectivity index (χ4n) is 1.69.